The Balaban J connectivity index is 1.21. The molecule has 2 aromatic carbocycles. The van der Waals surface area contributed by atoms with Crippen molar-refractivity contribution in [3.05, 3.63) is 48.0 Å². The first-order valence-corrected chi connectivity index (χ1v) is 11.7. The number of quaternary nitrogens is 1. The van der Waals surface area contributed by atoms with Gasteiger partial charge in [0.05, 0.1) is 19.8 Å². The predicted molar refractivity (Wildman–Crippen MR) is 121 cm³/mol. The van der Waals surface area contributed by atoms with Crippen molar-refractivity contribution >= 4 is 17.3 Å². The van der Waals surface area contributed by atoms with Crippen LogP contribution >= 0.6 is 0 Å². The number of nitrogens with zero attached hydrogens (tertiary/aromatic N) is 1. The van der Waals surface area contributed by atoms with Gasteiger partial charge in [0, 0.05) is 49.3 Å². The molecule has 6 heteroatoms. The molecule has 1 amide bonds. The van der Waals surface area contributed by atoms with Crippen LogP contribution < -0.4 is 24.6 Å². The number of carbonyl (C=O) groups is 1. The molecule has 1 unspecified atom stereocenters. The van der Waals surface area contributed by atoms with Gasteiger partial charge in [-0.1, -0.05) is 0 Å². The Morgan fingerprint density at radius 2 is 1.74 bits per heavy atom. The van der Waals surface area contributed by atoms with Crippen molar-refractivity contribution < 1.29 is 19.2 Å². The summed E-state index contributed by atoms with van der Waals surface area (Å²) in [4.78, 5) is 16.5. The Labute approximate surface area is 184 Å². The molecule has 0 saturated carbocycles. The standard InChI is InChI=1S/C25H31N3O3/c29-25(26-20-7-9-21(10-8-20)27-12-1-2-13-27)18-28-14-3-5-22(28)19-6-11-23-24(17-19)31-16-4-15-30-23/h6-11,17,22H,1-5,12-16,18H2,(H,26,29)/p+1/t22-/m0/s1. The topological polar surface area (TPSA) is 55.2 Å². The molecule has 164 valence electrons. The second-order valence-corrected chi connectivity index (χ2v) is 8.83. The summed E-state index contributed by atoms with van der Waals surface area (Å²) >= 11 is 0. The van der Waals surface area contributed by atoms with Gasteiger partial charge < -0.3 is 24.6 Å². The average Bonchev–Trinajstić information content (AvgIpc) is 3.42. The fraction of sp³-hybridized carbons (Fsp3) is 0.480. The van der Waals surface area contributed by atoms with Gasteiger partial charge in [0.25, 0.3) is 5.91 Å². The number of fused-ring (bicyclic) bond motifs is 1. The SMILES string of the molecule is O=C(C[NH+]1CCC[C@H]1c1ccc2c(c1)OCCCO2)Nc1ccc(N2CCCC2)cc1. The summed E-state index contributed by atoms with van der Waals surface area (Å²) in [6.45, 7) is 5.15. The van der Waals surface area contributed by atoms with Crippen LogP contribution in [0.1, 0.15) is 43.7 Å². The van der Waals surface area contributed by atoms with Crippen molar-refractivity contribution in [2.24, 2.45) is 0 Å². The molecule has 2 N–H and O–H groups in total. The molecule has 3 aliphatic rings. The summed E-state index contributed by atoms with van der Waals surface area (Å²) in [6.07, 6.45) is 5.66. The highest BCUT2D eigenvalue weighted by atomic mass is 16.5. The van der Waals surface area contributed by atoms with Gasteiger partial charge in [-0.15, -0.1) is 0 Å². The van der Waals surface area contributed by atoms with Gasteiger partial charge in [-0.2, -0.15) is 0 Å². The quantitative estimate of drug-likeness (QED) is 0.778. The maximum absolute atomic E-state index is 12.8. The fourth-order valence-corrected chi connectivity index (χ4v) is 5.06. The van der Waals surface area contributed by atoms with Crippen LogP contribution in [-0.4, -0.2) is 45.3 Å². The number of benzene rings is 2. The molecule has 3 heterocycles. The molecule has 0 aromatic heterocycles. The van der Waals surface area contributed by atoms with Crippen molar-refractivity contribution in [1.29, 1.82) is 0 Å². The van der Waals surface area contributed by atoms with Gasteiger partial charge in [0.2, 0.25) is 0 Å². The lowest BCUT2D eigenvalue weighted by atomic mass is 10.0. The number of rotatable bonds is 5. The Bertz CT molecular complexity index is 909. The lowest BCUT2D eigenvalue weighted by Crippen LogP contribution is -3.11. The Morgan fingerprint density at radius 1 is 0.968 bits per heavy atom. The van der Waals surface area contributed by atoms with E-state index in [1.54, 1.807) is 0 Å². The summed E-state index contributed by atoms with van der Waals surface area (Å²) < 4.78 is 11.6. The number of anilines is 2. The van der Waals surface area contributed by atoms with E-state index in [9.17, 15) is 4.79 Å². The summed E-state index contributed by atoms with van der Waals surface area (Å²) in [6, 6.07) is 14.9. The lowest BCUT2D eigenvalue weighted by molar-refractivity contribution is -0.910. The molecule has 2 fully saturated rings. The second kappa shape index (κ2) is 9.18. The highest BCUT2D eigenvalue weighted by Gasteiger charge is 2.32. The summed E-state index contributed by atoms with van der Waals surface area (Å²) in [5.41, 5.74) is 3.35. The number of likely N-dealkylation sites (tertiary alicyclic amines) is 1. The van der Waals surface area contributed by atoms with Crippen LogP contribution in [0.3, 0.4) is 0 Å². The molecular weight excluding hydrogens is 390 g/mol. The molecule has 3 aliphatic heterocycles. The lowest BCUT2D eigenvalue weighted by Gasteiger charge is -2.22. The van der Waals surface area contributed by atoms with E-state index in [-0.39, 0.29) is 5.91 Å². The van der Waals surface area contributed by atoms with Gasteiger partial charge in [-0.3, -0.25) is 4.79 Å². The number of carbonyl (C=O) groups excluding carboxylic acids is 1. The molecule has 31 heavy (non-hydrogen) atoms. The van der Waals surface area contributed by atoms with Gasteiger partial charge in [-0.25, -0.2) is 0 Å². The molecule has 2 atom stereocenters. The van der Waals surface area contributed by atoms with E-state index < -0.39 is 0 Å². The predicted octanol–water partition coefficient (Wildman–Crippen LogP) is 2.81. The van der Waals surface area contributed by atoms with Crippen molar-refractivity contribution in [1.82, 2.24) is 0 Å². The minimum Gasteiger partial charge on any atom is -0.490 e. The monoisotopic (exact) mass is 422 g/mol. The molecule has 5 rings (SSSR count). The van der Waals surface area contributed by atoms with Crippen LogP contribution in [0.25, 0.3) is 0 Å². The normalized spacial score (nSPS) is 22.9. The molecule has 2 saturated heterocycles. The van der Waals surface area contributed by atoms with Crippen LogP contribution in [0.5, 0.6) is 11.5 Å². The highest BCUT2D eigenvalue weighted by Crippen LogP contribution is 2.33. The first kappa shape index (κ1) is 20.2. The zero-order valence-electron chi connectivity index (χ0n) is 18.1. The highest BCUT2D eigenvalue weighted by molar-refractivity contribution is 5.91. The Kier molecular flexibility index (Phi) is 5.98. The first-order chi connectivity index (χ1) is 15.3. The van der Waals surface area contributed by atoms with Crippen molar-refractivity contribution in [3.8, 4) is 11.5 Å². The zero-order chi connectivity index (χ0) is 21.0. The van der Waals surface area contributed by atoms with E-state index in [1.807, 2.05) is 18.2 Å². The van der Waals surface area contributed by atoms with E-state index in [4.69, 9.17) is 9.47 Å². The largest absolute Gasteiger partial charge is 0.490 e. The van der Waals surface area contributed by atoms with Crippen LogP contribution in [0.15, 0.2) is 42.5 Å². The molecule has 0 bridgehead atoms. The van der Waals surface area contributed by atoms with E-state index >= 15 is 0 Å². The molecule has 0 aliphatic carbocycles. The van der Waals surface area contributed by atoms with E-state index in [1.165, 1.54) is 29.0 Å². The third kappa shape index (κ3) is 4.64. The number of ether oxygens (including phenoxy) is 2. The van der Waals surface area contributed by atoms with Gasteiger partial charge in [0.1, 0.15) is 6.04 Å². The number of amides is 1. The number of nitrogens with one attached hydrogen (secondary N) is 2. The molecule has 2 aromatic rings. The first-order valence-electron chi connectivity index (χ1n) is 11.7. The van der Waals surface area contributed by atoms with Crippen molar-refractivity contribution in [2.75, 3.05) is 49.6 Å². The van der Waals surface area contributed by atoms with Crippen molar-refractivity contribution in [3.63, 3.8) is 0 Å². The molecule has 0 spiro atoms. The van der Waals surface area contributed by atoms with Crippen LogP contribution in [0.4, 0.5) is 11.4 Å². The third-order valence-corrected chi connectivity index (χ3v) is 6.67. The zero-order valence-corrected chi connectivity index (χ0v) is 18.1. The fourth-order valence-electron chi connectivity index (χ4n) is 5.06. The molecule has 0 radical (unpaired) electrons. The van der Waals surface area contributed by atoms with E-state index in [2.05, 4.69) is 34.5 Å². The van der Waals surface area contributed by atoms with Gasteiger partial charge in [-0.05, 0) is 55.3 Å². The number of hydrogen-bond donors (Lipinski definition) is 2. The minimum atomic E-state index is 0.0742. The maximum Gasteiger partial charge on any atom is 0.279 e. The van der Waals surface area contributed by atoms with Crippen LogP contribution in [-0.2, 0) is 4.79 Å². The van der Waals surface area contributed by atoms with E-state index in [0.717, 1.165) is 56.1 Å². The molecule has 6 nitrogen and oxygen atoms in total. The minimum absolute atomic E-state index is 0.0742. The summed E-state index contributed by atoms with van der Waals surface area (Å²) in [5, 5.41) is 3.09. The second-order valence-electron chi connectivity index (χ2n) is 8.83. The van der Waals surface area contributed by atoms with E-state index in [0.29, 0.717) is 25.8 Å². The van der Waals surface area contributed by atoms with Gasteiger partial charge in [0.15, 0.2) is 18.0 Å². The van der Waals surface area contributed by atoms with Crippen molar-refractivity contribution in [2.45, 2.75) is 38.1 Å². The third-order valence-electron chi connectivity index (χ3n) is 6.67. The molecular formula is C25H32N3O3+. The summed E-state index contributed by atoms with van der Waals surface area (Å²) in [5.74, 6) is 1.74. The Hall–Kier alpha value is -2.73. The smallest absolute Gasteiger partial charge is 0.279 e. The summed E-state index contributed by atoms with van der Waals surface area (Å²) in [7, 11) is 0. The number of hydrogen-bond acceptors (Lipinski definition) is 4. The average molecular weight is 423 g/mol. The van der Waals surface area contributed by atoms with Gasteiger partial charge >= 0.3 is 0 Å². The maximum atomic E-state index is 12.8. The Morgan fingerprint density at radius 3 is 2.55 bits per heavy atom. The van der Waals surface area contributed by atoms with Crippen LogP contribution in [0, 0.1) is 0 Å². The van der Waals surface area contributed by atoms with Crippen LogP contribution in [0.2, 0.25) is 0 Å².